The number of carbonyl (C=O) groups excluding carboxylic acids is 2. The Morgan fingerprint density at radius 1 is 1.24 bits per heavy atom. The summed E-state index contributed by atoms with van der Waals surface area (Å²) in [5.41, 5.74) is 2.85. The molecule has 1 heterocycles. The van der Waals surface area contributed by atoms with Crippen LogP contribution in [0.2, 0.25) is 0 Å². The molecule has 2 amide bonds. The summed E-state index contributed by atoms with van der Waals surface area (Å²) in [6.45, 7) is 4.01. The smallest absolute Gasteiger partial charge is 0.251 e. The van der Waals surface area contributed by atoms with Crippen LogP contribution in [-0.2, 0) is 11.2 Å². The van der Waals surface area contributed by atoms with Crippen molar-refractivity contribution in [2.75, 3.05) is 25.0 Å². The van der Waals surface area contributed by atoms with Gasteiger partial charge >= 0.3 is 0 Å². The molecule has 0 radical (unpaired) electrons. The molecule has 0 saturated heterocycles. The molecule has 1 aromatic rings. The first-order valence-corrected chi connectivity index (χ1v) is 7.63. The summed E-state index contributed by atoms with van der Waals surface area (Å²) in [6, 6.07) is 5.74. The van der Waals surface area contributed by atoms with Crippen LogP contribution in [0.5, 0.6) is 0 Å². The molecule has 1 aromatic carbocycles. The highest BCUT2D eigenvalue weighted by Crippen LogP contribution is 2.25. The highest BCUT2D eigenvalue weighted by atomic mass is 16.2. The molecular weight excluding hydrogens is 266 g/mol. The Bertz CT molecular complexity index is 514. The summed E-state index contributed by atoms with van der Waals surface area (Å²) < 4.78 is 0. The lowest BCUT2D eigenvalue weighted by Gasteiger charge is -2.20. The molecule has 5 nitrogen and oxygen atoms in total. The van der Waals surface area contributed by atoms with Gasteiger partial charge in [-0.2, -0.15) is 0 Å². The van der Waals surface area contributed by atoms with Crippen molar-refractivity contribution in [3.05, 3.63) is 29.3 Å². The number of anilines is 1. The second-order valence-corrected chi connectivity index (χ2v) is 5.22. The van der Waals surface area contributed by atoms with Crippen molar-refractivity contribution >= 4 is 17.5 Å². The van der Waals surface area contributed by atoms with E-state index in [0.29, 0.717) is 25.1 Å². The van der Waals surface area contributed by atoms with Crippen LogP contribution >= 0.6 is 0 Å². The van der Waals surface area contributed by atoms with Gasteiger partial charge in [0.1, 0.15) is 0 Å². The highest BCUT2D eigenvalue weighted by molar-refractivity contribution is 5.97. The minimum Gasteiger partial charge on any atom is -0.385 e. The van der Waals surface area contributed by atoms with Gasteiger partial charge in [0, 0.05) is 37.3 Å². The molecule has 3 N–H and O–H groups in total. The molecule has 0 atom stereocenters. The van der Waals surface area contributed by atoms with Crippen molar-refractivity contribution in [2.45, 2.75) is 32.6 Å². The van der Waals surface area contributed by atoms with Crippen LogP contribution in [0.25, 0.3) is 0 Å². The third kappa shape index (κ3) is 4.21. The second kappa shape index (κ2) is 7.67. The summed E-state index contributed by atoms with van der Waals surface area (Å²) in [4.78, 5) is 23.7. The highest BCUT2D eigenvalue weighted by Gasteiger charge is 2.17. The van der Waals surface area contributed by atoms with E-state index in [-0.39, 0.29) is 11.8 Å². The largest absolute Gasteiger partial charge is 0.385 e. The van der Waals surface area contributed by atoms with E-state index in [9.17, 15) is 9.59 Å². The average molecular weight is 289 g/mol. The first kappa shape index (κ1) is 15.4. The molecule has 0 aromatic heterocycles. The molecule has 21 heavy (non-hydrogen) atoms. The number of fused-ring (bicyclic) bond motifs is 1. The third-order valence-electron chi connectivity index (χ3n) is 3.55. The van der Waals surface area contributed by atoms with Gasteiger partial charge in [0.15, 0.2) is 0 Å². The lowest BCUT2D eigenvalue weighted by Crippen LogP contribution is -2.31. The monoisotopic (exact) mass is 289 g/mol. The van der Waals surface area contributed by atoms with E-state index in [2.05, 4.69) is 16.0 Å². The Balaban J connectivity index is 1.88. The molecule has 1 aliphatic heterocycles. The van der Waals surface area contributed by atoms with E-state index < -0.39 is 0 Å². The topological polar surface area (TPSA) is 70.2 Å². The molecule has 5 heteroatoms. The van der Waals surface area contributed by atoms with Crippen LogP contribution in [-0.4, -0.2) is 31.4 Å². The van der Waals surface area contributed by atoms with Crippen molar-refractivity contribution in [1.29, 1.82) is 0 Å². The van der Waals surface area contributed by atoms with Gasteiger partial charge in [0.25, 0.3) is 5.91 Å². The minimum atomic E-state index is -0.0983. The Morgan fingerprint density at radius 2 is 2.10 bits per heavy atom. The summed E-state index contributed by atoms with van der Waals surface area (Å²) in [6.07, 6.45) is 3.19. The summed E-state index contributed by atoms with van der Waals surface area (Å²) in [7, 11) is 0. The SMILES string of the molecule is CCCNC(=O)CCNC(=O)c1cccc2c1CCCN2. The zero-order valence-electron chi connectivity index (χ0n) is 12.5. The van der Waals surface area contributed by atoms with E-state index in [1.807, 2.05) is 25.1 Å². The van der Waals surface area contributed by atoms with Crippen LogP contribution < -0.4 is 16.0 Å². The molecule has 0 spiro atoms. The Hall–Kier alpha value is -2.04. The summed E-state index contributed by atoms with van der Waals surface area (Å²) in [5, 5.41) is 8.94. The fraction of sp³-hybridized carbons (Fsp3) is 0.500. The molecular formula is C16H23N3O2. The number of benzene rings is 1. The van der Waals surface area contributed by atoms with E-state index in [1.54, 1.807) is 0 Å². The molecule has 0 unspecified atom stereocenters. The standard InChI is InChI=1S/C16H23N3O2/c1-2-9-18-15(20)8-11-19-16(21)13-5-3-7-14-12(13)6-4-10-17-14/h3,5,7,17H,2,4,6,8-11H2,1H3,(H,18,20)(H,19,21). The zero-order valence-corrected chi connectivity index (χ0v) is 12.5. The average Bonchev–Trinajstić information content (AvgIpc) is 2.52. The van der Waals surface area contributed by atoms with Gasteiger partial charge < -0.3 is 16.0 Å². The molecule has 0 fully saturated rings. The molecule has 0 bridgehead atoms. The fourth-order valence-electron chi connectivity index (χ4n) is 2.46. The first-order chi connectivity index (χ1) is 10.2. The van der Waals surface area contributed by atoms with Crippen LogP contribution in [0.1, 0.15) is 42.1 Å². The van der Waals surface area contributed by atoms with Gasteiger partial charge in [-0.05, 0) is 37.0 Å². The Morgan fingerprint density at radius 3 is 2.90 bits per heavy atom. The molecule has 2 rings (SSSR count). The predicted molar refractivity (Wildman–Crippen MR) is 83.5 cm³/mol. The number of rotatable bonds is 6. The maximum Gasteiger partial charge on any atom is 0.251 e. The second-order valence-electron chi connectivity index (χ2n) is 5.22. The van der Waals surface area contributed by atoms with Crippen molar-refractivity contribution < 1.29 is 9.59 Å². The zero-order chi connectivity index (χ0) is 15.1. The van der Waals surface area contributed by atoms with E-state index in [4.69, 9.17) is 0 Å². The number of hydrogen-bond donors (Lipinski definition) is 3. The molecule has 0 saturated carbocycles. The predicted octanol–water partition coefficient (Wildman–Crippen LogP) is 1.69. The van der Waals surface area contributed by atoms with Gasteiger partial charge in [-0.3, -0.25) is 9.59 Å². The molecule has 1 aliphatic rings. The normalized spacial score (nSPS) is 13.0. The van der Waals surface area contributed by atoms with E-state index >= 15 is 0 Å². The van der Waals surface area contributed by atoms with Crippen molar-refractivity contribution in [3.8, 4) is 0 Å². The Kier molecular flexibility index (Phi) is 5.60. The fourth-order valence-corrected chi connectivity index (χ4v) is 2.46. The van der Waals surface area contributed by atoms with Crippen LogP contribution in [0.3, 0.4) is 0 Å². The number of nitrogens with one attached hydrogen (secondary N) is 3. The first-order valence-electron chi connectivity index (χ1n) is 7.63. The summed E-state index contributed by atoms with van der Waals surface area (Å²) >= 11 is 0. The number of amides is 2. The van der Waals surface area contributed by atoms with Gasteiger partial charge in [0.2, 0.25) is 5.91 Å². The van der Waals surface area contributed by atoms with E-state index in [1.165, 1.54) is 0 Å². The minimum absolute atomic E-state index is 0.0195. The maximum absolute atomic E-state index is 12.2. The lowest BCUT2D eigenvalue weighted by atomic mass is 9.97. The lowest BCUT2D eigenvalue weighted by molar-refractivity contribution is -0.120. The quantitative estimate of drug-likeness (QED) is 0.746. The van der Waals surface area contributed by atoms with Crippen molar-refractivity contribution in [1.82, 2.24) is 10.6 Å². The van der Waals surface area contributed by atoms with Gasteiger partial charge in [-0.1, -0.05) is 13.0 Å². The number of carbonyl (C=O) groups is 2. The summed E-state index contributed by atoms with van der Waals surface area (Å²) in [5.74, 6) is -0.118. The molecule has 114 valence electrons. The van der Waals surface area contributed by atoms with Crippen molar-refractivity contribution in [3.63, 3.8) is 0 Å². The van der Waals surface area contributed by atoms with E-state index in [0.717, 1.165) is 37.1 Å². The van der Waals surface area contributed by atoms with Gasteiger partial charge in [-0.15, -0.1) is 0 Å². The van der Waals surface area contributed by atoms with Crippen LogP contribution in [0.4, 0.5) is 5.69 Å². The van der Waals surface area contributed by atoms with Crippen LogP contribution in [0.15, 0.2) is 18.2 Å². The third-order valence-corrected chi connectivity index (χ3v) is 3.55. The van der Waals surface area contributed by atoms with Gasteiger partial charge in [0.05, 0.1) is 0 Å². The Labute approximate surface area is 125 Å². The molecule has 0 aliphatic carbocycles. The van der Waals surface area contributed by atoms with Crippen molar-refractivity contribution in [2.24, 2.45) is 0 Å². The maximum atomic E-state index is 12.2. The van der Waals surface area contributed by atoms with Crippen LogP contribution in [0, 0.1) is 0 Å². The van der Waals surface area contributed by atoms with Gasteiger partial charge in [-0.25, -0.2) is 0 Å². The number of hydrogen-bond acceptors (Lipinski definition) is 3.